The first-order valence-corrected chi connectivity index (χ1v) is 8.88. The molecule has 0 amide bonds. The van der Waals surface area contributed by atoms with Crippen molar-refractivity contribution in [1.29, 1.82) is 0 Å². The molecule has 0 unspecified atom stereocenters. The largest absolute Gasteiger partial charge is 0.493 e. The number of benzene rings is 1. The number of piperidine rings is 1. The third kappa shape index (κ3) is 1.56. The Balaban J connectivity index is 1.77. The van der Waals surface area contributed by atoms with Gasteiger partial charge in [-0.3, -0.25) is 0 Å². The quantitative estimate of drug-likeness (QED) is 0.782. The molecule has 2 aliphatic heterocycles. The highest BCUT2D eigenvalue weighted by molar-refractivity contribution is 5.93. The summed E-state index contributed by atoms with van der Waals surface area (Å²) in [6.45, 7) is 1.11. The van der Waals surface area contributed by atoms with E-state index in [1.165, 1.54) is 11.1 Å². The minimum absolute atomic E-state index is 0.00208. The molecular weight excluding hydrogens is 304 g/mol. The van der Waals surface area contributed by atoms with E-state index in [9.17, 15) is 0 Å². The van der Waals surface area contributed by atoms with E-state index in [-0.39, 0.29) is 11.5 Å². The summed E-state index contributed by atoms with van der Waals surface area (Å²) in [5, 5.41) is 4.35. The van der Waals surface area contributed by atoms with Crippen LogP contribution >= 0.6 is 0 Å². The van der Waals surface area contributed by atoms with Gasteiger partial charge in [0.25, 0.3) is 0 Å². The molecule has 1 saturated carbocycles. The highest BCUT2D eigenvalue weighted by atomic mass is 16.6. The second-order valence-corrected chi connectivity index (χ2v) is 7.58. The predicted octanol–water partition coefficient (Wildman–Crippen LogP) is 2.37. The molecular formula is C19H24N2O3. The predicted molar refractivity (Wildman–Crippen MR) is 91.0 cm³/mol. The molecule has 2 bridgehead atoms. The van der Waals surface area contributed by atoms with Gasteiger partial charge in [0.2, 0.25) is 0 Å². The number of likely N-dealkylation sites (N-methyl/N-ethyl adjacent to an activating group) is 1. The molecule has 1 saturated heterocycles. The molecule has 0 radical (unpaired) electrons. The number of hydrogen-bond donors (Lipinski definition) is 0. The van der Waals surface area contributed by atoms with Crippen molar-refractivity contribution >= 4 is 5.71 Å². The summed E-state index contributed by atoms with van der Waals surface area (Å²) in [5.41, 5.74) is 3.94. The zero-order valence-corrected chi connectivity index (χ0v) is 14.5. The lowest BCUT2D eigenvalue weighted by atomic mass is 9.51. The van der Waals surface area contributed by atoms with E-state index in [0.29, 0.717) is 12.0 Å². The normalized spacial score (nSPS) is 37.8. The highest BCUT2D eigenvalue weighted by Crippen LogP contribution is 2.63. The Morgan fingerprint density at radius 3 is 3.00 bits per heavy atom. The Labute approximate surface area is 142 Å². The van der Waals surface area contributed by atoms with Crippen LogP contribution in [0.1, 0.15) is 30.4 Å². The summed E-state index contributed by atoms with van der Waals surface area (Å²) in [6.07, 6.45) is 4.35. The van der Waals surface area contributed by atoms with E-state index in [0.717, 1.165) is 49.4 Å². The van der Waals surface area contributed by atoms with E-state index in [4.69, 9.17) is 14.3 Å². The van der Waals surface area contributed by atoms with Crippen molar-refractivity contribution in [1.82, 2.24) is 4.90 Å². The molecule has 4 aliphatic rings. The maximum atomic E-state index is 6.55. The van der Waals surface area contributed by atoms with Crippen LogP contribution in [0.5, 0.6) is 11.5 Å². The monoisotopic (exact) mass is 328 g/mol. The van der Waals surface area contributed by atoms with Gasteiger partial charge in [-0.15, -0.1) is 0 Å². The minimum Gasteiger partial charge on any atom is -0.493 e. The van der Waals surface area contributed by atoms with E-state index < -0.39 is 0 Å². The summed E-state index contributed by atoms with van der Waals surface area (Å²) < 4.78 is 12.2. The number of hydrogen-bond acceptors (Lipinski definition) is 5. The molecule has 4 atom stereocenters. The Kier molecular flexibility index (Phi) is 2.97. The molecule has 128 valence electrons. The van der Waals surface area contributed by atoms with Crippen LogP contribution < -0.4 is 9.47 Å². The fourth-order valence-corrected chi connectivity index (χ4v) is 5.90. The van der Waals surface area contributed by atoms with E-state index in [1.807, 2.05) is 0 Å². The maximum Gasteiger partial charge on any atom is 0.166 e. The summed E-state index contributed by atoms with van der Waals surface area (Å²) in [7, 11) is 5.63. The number of likely N-dealkylation sites (tertiary alicyclic amines) is 1. The average Bonchev–Trinajstić information content (AvgIpc) is 2.94. The van der Waals surface area contributed by atoms with Crippen LogP contribution in [0.2, 0.25) is 0 Å². The van der Waals surface area contributed by atoms with Gasteiger partial charge in [0, 0.05) is 17.0 Å². The molecule has 0 N–H and O–H groups in total. The van der Waals surface area contributed by atoms with Gasteiger partial charge in [-0.1, -0.05) is 11.2 Å². The third-order valence-corrected chi connectivity index (χ3v) is 6.82. The molecule has 24 heavy (non-hydrogen) atoms. The Morgan fingerprint density at radius 1 is 1.33 bits per heavy atom. The maximum absolute atomic E-state index is 6.55. The van der Waals surface area contributed by atoms with Crippen molar-refractivity contribution in [2.45, 2.75) is 43.2 Å². The lowest BCUT2D eigenvalue weighted by Crippen LogP contribution is -2.65. The van der Waals surface area contributed by atoms with E-state index >= 15 is 0 Å². The molecule has 1 aromatic carbocycles. The van der Waals surface area contributed by atoms with Gasteiger partial charge in [0.1, 0.15) is 7.11 Å². The van der Waals surface area contributed by atoms with Crippen LogP contribution in [0.25, 0.3) is 0 Å². The molecule has 2 aliphatic carbocycles. The first-order valence-electron chi connectivity index (χ1n) is 8.88. The second-order valence-electron chi connectivity index (χ2n) is 7.58. The number of oxime groups is 1. The van der Waals surface area contributed by atoms with Crippen LogP contribution in [0, 0.1) is 5.92 Å². The van der Waals surface area contributed by atoms with Crippen LogP contribution in [-0.2, 0) is 16.7 Å². The van der Waals surface area contributed by atoms with Crippen LogP contribution in [0.3, 0.4) is 0 Å². The van der Waals surface area contributed by atoms with Gasteiger partial charge >= 0.3 is 0 Å². The molecule has 5 nitrogen and oxygen atoms in total. The first kappa shape index (κ1) is 14.6. The average molecular weight is 328 g/mol. The number of rotatable bonds is 2. The molecule has 5 heteroatoms. The molecule has 2 heterocycles. The fourth-order valence-electron chi connectivity index (χ4n) is 5.90. The number of methoxy groups -OCH3 is 1. The van der Waals surface area contributed by atoms with Gasteiger partial charge in [0.05, 0.1) is 12.8 Å². The fraction of sp³-hybridized carbons (Fsp3) is 0.632. The lowest BCUT2D eigenvalue weighted by Gasteiger charge is -2.57. The standard InChI is InChI=1S/C19H24N2O3/c1-21-9-8-19-12-5-6-13(20-23-3)18(19)24-17-15(22-2)7-4-11(16(17)19)10-14(12)21/h4,7,12,14,18H,5-6,8-10H2,1-3H3/t12-,14+,18-,19-/m0/s1. The Bertz CT molecular complexity index is 732. The number of ether oxygens (including phenoxy) is 2. The van der Waals surface area contributed by atoms with Gasteiger partial charge in [0.15, 0.2) is 17.6 Å². The van der Waals surface area contributed by atoms with Crippen molar-refractivity contribution in [2.24, 2.45) is 11.1 Å². The second kappa shape index (κ2) is 4.88. The molecule has 1 spiro atoms. The minimum atomic E-state index is -0.00208. The van der Waals surface area contributed by atoms with Crippen LogP contribution in [0.15, 0.2) is 17.3 Å². The zero-order valence-electron chi connectivity index (χ0n) is 14.5. The zero-order chi connectivity index (χ0) is 16.5. The van der Waals surface area contributed by atoms with Crippen LogP contribution in [0.4, 0.5) is 0 Å². The summed E-state index contributed by atoms with van der Waals surface area (Å²) in [5.74, 6) is 2.43. The van der Waals surface area contributed by atoms with Gasteiger partial charge < -0.3 is 19.2 Å². The summed E-state index contributed by atoms with van der Waals surface area (Å²) >= 11 is 0. The van der Waals surface area contributed by atoms with Crippen molar-refractivity contribution < 1.29 is 14.3 Å². The number of nitrogens with zero attached hydrogens (tertiary/aromatic N) is 2. The van der Waals surface area contributed by atoms with Crippen molar-refractivity contribution in [3.63, 3.8) is 0 Å². The smallest absolute Gasteiger partial charge is 0.166 e. The summed E-state index contributed by atoms with van der Waals surface area (Å²) in [4.78, 5) is 7.70. The van der Waals surface area contributed by atoms with Crippen LogP contribution in [-0.4, -0.2) is 50.6 Å². The summed E-state index contributed by atoms with van der Waals surface area (Å²) in [6, 6.07) is 4.90. The van der Waals surface area contributed by atoms with Gasteiger partial charge in [-0.25, -0.2) is 0 Å². The SMILES string of the molecule is CON=C1CC[C@H]2[C@H]3Cc4ccc(OC)c5c4[C@@]2(CCN3C)[C@H]1O5. The molecule has 1 aromatic rings. The topological polar surface area (TPSA) is 43.3 Å². The Morgan fingerprint density at radius 2 is 2.21 bits per heavy atom. The lowest BCUT2D eigenvalue weighted by molar-refractivity contribution is -0.00849. The first-order chi connectivity index (χ1) is 11.7. The van der Waals surface area contributed by atoms with Gasteiger partial charge in [-0.2, -0.15) is 0 Å². The Hall–Kier alpha value is -1.75. The molecule has 0 aromatic heterocycles. The van der Waals surface area contributed by atoms with Crippen molar-refractivity contribution in [3.8, 4) is 11.5 Å². The molecule has 5 rings (SSSR count). The van der Waals surface area contributed by atoms with Crippen molar-refractivity contribution in [2.75, 3.05) is 27.8 Å². The van der Waals surface area contributed by atoms with Gasteiger partial charge in [-0.05, 0) is 56.8 Å². The van der Waals surface area contributed by atoms with E-state index in [2.05, 4.69) is 29.2 Å². The third-order valence-electron chi connectivity index (χ3n) is 6.82. The highest BCUT2D eigenvalue weighted by Gasteiger charge is 2.65. The van der Waals surface area contributed by atoms with Crippen molar-refractivity contribution in [3.05, 3.63) is 23.3 Å². The molecule has 2 fully saturated rings. The van der Waals surface area contributed by atoms with E-state index in [1.54, 1.807) is 14.2 Å².